The molecule has 208 valence electrons. The Morgan fingerprint density at radius 2 is 1.97 bits per heavy atom. The molecule has 1 saturated heterocycles. The average molecular weight is 539 g/mol. The lowest BCUT2D eigenvalue weighted by Crippen LogP contribution is -2.52. The Hall–Kier alpha value is -1.90. The number of nitrogens with zero attached hydrogens (tertiary/aromatic N) is 1. The van der Waals surface area contributed by atoms with E-state index >= 15 is 4.39 Å². The van der Waals surface area contributed by atoms with Crippen molar-refractivity contribution in [1.29, 1.82) is 0 Å². The molecule has 2 fully saturated rings. The quantitative estimate of drug-likeness (QED) is 0.325. The predicted octanol–water partition coefficient (Wildman–Crippen LogP) is 5.04. The van der Waals surface area contributed by atoms with Crippen LogP contribution in [0.25, 0.3) is 0 Å². The van der Waals surface area contributed by atoms with Crippen LogP contribution in [0.2, 0.25) is 5.02 Å². The maximum absolute atomic E-state index is 15.1. The van der Waals surface area contributed by atoms with E-state index in [-0.39, 0.29) is 35.5 Å². The second kappa shape index (κ2) is 15.5. The van der Waals surface area contributed by atoms with E-state index in [1.807, 2.05) is 11.9 Å². The molecular weight excluding hydrogens is 495 g/mol. The number of ether oxygens (including phenoxy) is 1. The molecule has 0 bridgehead atoms. The van der Waals surface area contributed by atoms with Gasteiger partial charge < -0.3 is 25.6 Å². The number of halogens is 2. The fraction of sp³-hybridized carbons (Fsp3) is 0.714. The summed E-state index contributed by atoms with van der Waals surface area (Å²) in [6.07, 6.45) is 8.80. The molecule has 3 rings (SSSR count). The van der Waals surface area contributed by atoms with Crippen LogP contribution in [0, 0.1) is 17.7 Å². The summed E-state index contributed by atoms with van der Waals surface area (Å²) >= 11 is 6.10. The van der Waals surface area contributed by atoms with Gasteiger partial charge >= 0.3 is 6.03 Å². The smallest absolute Gasteiger partial charge is 0.317 e. The zero-order valence-corrected chi connectivity index (χ0v) is 23.1. The van der Waals surface area contributed by atoms with Crippen LogP contribution in [0.15, 0.2) is 18.2 Å². The number of benzene rings is 1. The lowest BCUT2D eigenvalue weighted by atomic mass is 9.85. The molecule has 3 atom stereocenters. The minimum atomic E-state index is -0.567. The van der Waals surface area contributed by atoms with Crippen molar-refractivity contribution in [2.45, 2.75) is 76.9 Å². The molecule has 0 radical (unpaired) electrons. The van der Waals surface area contributed by atoms with E-state index < -0.39 is 11.9 Å². The number of likely N-dealkylation sites (tertiary alicyclic amines) is 1. The first-order valence-electron chi connectivity index (χ1n) is 13.9. The molecule has 1 aliphatic carbocycles. The van der Waals surface area contributed by atoms with Gasteiger partial charge in [0.1, 0.15) is 5.82 Å². The average Bonchev–Trinajstić information content (AvgIpc) is 2.91. The van der Waals surface area contributed by atoms with Gasteiger partial charge in [0.25, 0.3) is 0 Å². The topological polar surface area (TPSA) is 82.7 Å². The highest BCUT2D eigenvalue weighted by Crippen LogP contribution is 2.36. The molecule has 1 saturated carbocycles. The Labute approximate surface area is 226 Å². The largest absolute Gasteiger partial charge is 0.371 e. The van der Waals surface area contributed by atoms with Crippen molar-refractivity contribution >= 4 is 23.5 Å². The zero-order chi connectivity index (χ0) is 26.6. The first kappa shape index (κ1) is 29.7. The van der Waals surface area contributed by atoms with E-state index in [4.69, 9.17) is 16.3 Å². The van der Waals surface area contributed by atoms with Gasteiger partial charge in [-0.25, -0.2) is 9.18 Å². The van der Waals surface area contributed by atoms with E-state index in [0.717, 1.165) is 25.8 Å². The van der Waals surface area contributed by atoms with Crippen LogP contribution in [0.4, 0.5) is 9.18 Å². The highest BCUT2D eigenvalue weighted by molar-refractivity contribution is 6.30. The number of hydrogen-bond donors (Lipinski definition) is 3. The van der Waals surface area contributed by atoms with Gasteiger partial charge in [-0.3, -0.25) is 4.79 Å². The number of piperidine rings is 1. The molecule has 3 amide bonds. The van der Waals surface area contributed by atoms with Gasteiger partial charge in [-0.1, -0.05) is 62.8 Å². The summed E-state index contributed by atoms with van der Waals surface area (Å²) in [7, 11) is 1.92. The molecule has 0 aromatic heterocycles. The number of carbonyl (C=O) groups is 2. The third-order valence-electron chi connectivity index (χ3n) is 7.62. The van der Waals surface area contributed by atoms with E-state index in [1.54, 1.807) is 19.1 Å². The summed E-state index contributed by atoms with van der Waals surface area (Å²) in [5, 5.41) is 9.34. The van der Waals surface area contributed by atoms with Crippen LogP contribution < -0.4 is 16.0 Å². The Morgan fingerprint density at radius 3 is 2.70 bits per heavy atom. The number of carbonyl (C=O) groups excluding carboxylic acids is 2. The van der Waals surface area contributed by atoms with Crippen molar-refractivity contribution in [1.82, 2.24) is 20.9 Å². The van der Waals surface area contributed by atoms with Crippen LogP contribution in [0.1, 0.15) is 76.4 Å². The molecular formula is C28H44ClFN4O3. The SMILES string of the molecule is CCC(=O)NCCOC(c1cccc(Cl)c1F)C1CCCN(C(=O)NC(CNC)CC2CCCCC2)C1. The van der Waals surface area contributed by atoms with Crippen LogP contribution in [0.3, 0.4) is 0 Å². The summed E-state index contributed by atoms with van der Waals surface area (Å²) in [4.78, 5) is 26.8. The van der Waals surface area contributed by atoms with Crippen molar-refractivity contribution < 1.29 is 18.7 Å². The van der Waals surface area contributed by atoms with Crippen molar-refractivity contribution in [3.8, 4) is 0 Å². The highest BCUT2D eigenvalue weighted by atomic mass is 35.5. The van der Waals surface area contributed by atoms with Gasteiger partial charge in [0.2, 0.25) is 5.91 Å². The number of hydrogen-bond acceptors (Lipinski definition) is 4. The van der Waals surface area contributed by atoms with Crippen LogP contribution in [0.5, 0.6) is 0 Å². The normalized spacial score (nSPS) is 20.3. The Morgan fingerprint density at radius 1 is 1.19 bits per heavy atom. The van der Waals surface area contributed by atoms with Crippen molar-refractivity contribution in [3.05, 3.63) is 34.6 Å². The van der Waals surface area contributed by atoms with Gasteiger partial charge in [-0.05, 0) is 38.3 Å². The fourth-order valence-electron chi connectivity index (χ4n) is 5.69. The molecule has 1 heterocycles. The van der Waals surface area contributed by atoms with Crippen LogP contribution in [-0.2, 0) is 9.53 Å². The summed E-state index contributed by atoms with van der Waals surface area (Å²) in [5.41, 5.74) is 0.395. The molecule has 3 unspecified atom stereocenters. The number of rotatable bonds is 12. The Kier molecular flexibility index (Phi) is 12.4. The van der Waals surface area contributed by atoms with Crippen molar-refractivity contribution in [2.75, 3.05) is 39.8 Å². The molecule has 9 heteroatoms. The first-order valence-corrected chi connectivity index (χ1v) is 14.3. The Bertz CT molecular complexity index is 868. The lowest BCUT2D eigenvalue weighted by molar-refractivity contribution is -0.121. The van der Waals surface area contributed by atoms with Crippen molar-refractivity contribution in [2.24, 2.45) is 11.8 Å². The van der Waals surface area contributed by atoms with Crippen molar-refractivity contribution in [3.63, 3.8) is 0 Å². The Balaban J connectivity index is 1.66. The molecule has 37 heavy (non-hydrogen) atoms. The molecule has 7 nitrogen and oxygen atoms in total. The van der Waals surface area contributed by atoms with Crippen LogP contribution in [-0.4, -0.2) is 62.7 Å². The van der Waals surface area contributed by atoms with E-state index in [0.29, 0.717) is 37.5 Å². The summed E-state index contributed by atoms with van der Waals surface area (Å²) in [6.45, 7) is 4.25. The first-order chi connectivity index (χ1) is 17.9. The predicted molar refractivity (Wildman–Crippen MR) is 145 cm³/mol. The standard InChI is InChI=1S/C28H44ClFN4O3/c1-3-25(35)32-14-16-37-27(23-12-7-13-24(29)26(23)30)21-11-8-15-34(19-21)28(36)33-22(18-31-2)17-20-9-5-4-6-10-20/h7,12-13,20-22,27,31H,3-6,8-11,14-19H2,1-2H3,(H,32,35)(H,33,36). The molecule has 1 aromatic carbocycles. The lowest BCUT2D eigenvalue weighted by Gasteiger charge is -2.38. The minimum Gasteiger partial charge on any atom is -0.371 e. The number of nitrogens with one attached hydrogen (secondary N) is 3. The summed E-state index contributed by atoms with van der Waals surface area (Å²) in [5.74, 6) is 0.0302. The number of amides is 3. The zero-order valence-electron chi connectivity index (χ0n) is 22.4. The fourth-order valence-corrected chi connectivity index (χ4v) is 5.88. The summed E-state index contributed by atoms with van der Waals surface area (Å²) < 4.78 is 21.2. The third kappa shape index (κ3) is 9.11. The van der Waals surface area contributed by atoms with Gasteiger partial charge in [0, 0.05) is 50.1 Å². The monoisotopic (exact) mass is 538 g/mol. The maximum atomic E-state index is 15.1. The number of likely N-dealkylation sites (N-methyl/N-ethyl adjacent to an activating group) is 1. The van der Waals surface area contributed by atoms with Gasteiger partial charge in [-0.2, -0.15) is 0 Å². The van der Waals surface area contributed by atoms with E-state index in [1.165, 1.54) is 38.2 Å². The minimum absolute atomic E-state index is 0.0495. The van der Waals surface area contributed by atoms with E-state index in [2.05, 4.69) is 16.0 Å². The number of urea groups is 1. The van der Waals surface area contributed by atoms with E-state index in [9.17, 15) is 9.59 Å². The van der Waals surface area contributed by atoms with Crippen LogP contribution >= 0.6 is 11.6 Å². The summed E-state index contributed by atoms with van der Waals surface area (Å²) in [6, 6.07) is 4.95. The molecule has 1 aliphatic heterocycles. The van der Waals surface area contributed by atoms with Gasteiger partial charge in [-0.15, -0.1) is 0 Å². The third-order valence-corrected chi connectivity index (χ3v) is 7.92. The molecule has 1 aromatic rings. The highest BCUT2D eigenvalue weighted by Gasteiger charge is 2.33. The second-order valence-corrected chi connectivity index (χ2v) is 10.8. The molecule has 3 N–H and O–H groups in total. The maximum Gasteiger partial charge on any atom is 0.317 e. The van der Waals surface area contributed by atoms with Gasteiger partial charge in [0.15, 0.2) is 0 Å². The van der Waals surface area contributed by atoms with Gasteiger partial charge in [0.05, 0.1) is 17.7 Å². The molecule has 2 aliphatic rings. The second-order valence-electron chi connectivity index (χ2n) is 10.4. The molecule has 0 spiro atoms.